The number of rotatable bonds is 4. The Labute approximate surface area is 184 Å². The topological polar surface area (TPSA) is 80.5 Å². The number of sulfonamides is 1. The molecule has 2 aromatic carbocycles. The standard InChI is InChI=1S/C21H22ClF3N2O3S/c1-13-6-2-3-7-15(13)20(28)27(18-8-4-5-9-19(18)31(26,29)30)17-11-10-14(22)12-16(17)21(23,24)25/h2-3,6-7,10-12,18-19H,4-5,8-9H2,1H3,(H2,26,29,30). The van der Waals surface area contributed by atoms with E-state index in [1.807, 2.05) is 0 Å². The van der Waals surface area contributed by atoms with Crippen LogP contribution in [0.15, 0.2) is 42.5 Å². The van der Waals surface area contributed by atoms with Crippen molar-refractivity contribution in [3.63, 3.8) is 0 Å². The van der Waals surface area contributed by atoms with Gasteiger partial charge in [-0.05, 0) is 49.6 Å². The molecule has 0 saturated heterocycles. The SMILES string of the molecule is Cc1ccccc1C(=O)N(c1ccc(Cl)cc1C(F)(F)F)C1CCCCC1S(N)(=O)=O. The van der Waals surface area contributed by atoms with Gasteiger partial charge in [0.15, 0.2) is 0 Å². The Kier molecular flexibility index (Phi) is 6.69. The number of primary sulfonamides is 1. The summed E-state index contributed by atoms with van der Waals surface area (Å²) in [4.78, 5) is 14.5. The van der Waals surface area contributed by atoms with E-state index in [4.69, 9.17) is 16.7 Å². The fourth-order valence-electron chi connectivity index (χ4n) is 4.08. The summed E-state index contributed by atoms with van der Waals surface area (Å²) in [5, 5.41) is 4.10. The van der Waals surface area contributed by atoms with Crippen LogP contribution in [0.4, 0.5) is 18.9 Å². The molecule has 1 amide bonds. The second kappa shape index (κ2) is 8.80. The van der Waals surface area contributed by atoms with Crippen molar-refractivity contribution in [1.29, 1.82) is 0 Å². The van der Waals surface area contributed by atoms with Gasteiger partial charge in [-0.25, -0.2) is 13.6 Å². The number of amides is 1. The molecule has 2 aromatic rings. The lowest BCUT2D eigenvalue weighted by Gasteiger charge is -2.40. The minimum atomic E-state index is -4.81. The molecule has 10 heteroatoms. The van der Waals surface area contributed by atoms with Gasteiger partial charge in [-0.15, -0.1) is 0 Å². The number of carbonyl (C=O) groups excluding carboxylic acids is 1. The Morgan fingerprint density at radius 3 is 2.39 bits per heavy atom. The molecule has 2 N–H and O–H groups in total. The normalized spacial score (nSPS) is 19.8. The molecule has 0 aromatic heterocycles. The van der Waals surface area contributed by atoms with E-state index >= 15 is 0 Å². The molecule has 31 heavy (non-hydrogen) atoms. The molecule has 0 spiro atoms. The van der Waals surface area contributed by atoms with Gasteiger partial charge >= 0.3 is 6.18 Å². The van der Waals surface area contributed by atoms with Crippen LogP contribution in [0.25, 0.3) is 0 Å². The van der Waals surface area contributed by atoms with Crippen molar-refractivity contribution in [2.75, 3.05) is 4.90 Å². The first kappa shape index (κ1) is 23.6. The monoisotopic (exact) mass is 474 g/mol. The van der Waals surface area contributed by atoms with E-state index in [1.54, 1.807) is 25.1 Å². The highest BCUT2D eigenvalue weighted by atomic mass is 35.5. The molecular weight excluding hydrogens is 453 g/mol. The summed E-state index contributed by atoms with van der Waals surface area (Å²) in [6.45, 7) is 1.66. The van der Waals surface area contributed by atoms with E-state index in [2.05, 4.69) is 0 Å². The number of halogens is 4. The minimum Gasteiger partial charge on any atom is -0.303 e. The summed E-state index contributed by atoms with van der Waals surface area (Å²) in [5.74, 6) is -0.716. The fraction of sp³-hybridized carbons (Fsp3) is 0.381. The third-order valence-corrected chi connectivity index (χ3v) is 7.17. The number of nitrogens with zero attached hydrogens (tertiary/aromatic N) is 1. The molecular formula is C21H22ClF3N2O3S. The van der Waals surface area contributed by atoms with Crippen LogP contribution in [0.5, 0.6) is 0 Å². The van der Waals surface area contributed by atoms with Gasteiger partial charge in [-0.3, -0.25) is 4.79 Å². The summed E-state index contributed by atoms with van der Waals surface area (Å²) in [6.07, 6.45) is -3.33. The minimum absolute atomic E-state index is 0.147. The average molecular weight is 475 g/mol. The van der Waals surface area contributed by atoms with Crippen LogP contribution in [0.1, 0.15) is 47.2 Å². The van der Waals surface area contributed by atoms with E-state index in [1.165, 1.54) is 12.1 Å². The van der Waals surface area contributed by atoms with Gasteiger partial charge in [0, 0.05) is 10.6 Å². The highest BCUT2D eigenvalue weighted by Crippen LogP contribution is 2.41. The average Bonchev–Trinajstić information content (AvgIpc) is 2.68. The predicted octanol–water partition coefficient (Wildman–Crippen LogP) is 4.91. The lowest BCUT2D eigenvalue weighted by Crippen LogP contribution is -2.53. The summed E-state index contributed by atoms with van der Waals surface area (Å²) in [7, 11) is -4.11. The molecule has 3 rings (SSSR count). The quantitative estimate of drug-likeness (QED) is 0.683. The number of anilines is 1. The van der Waals surface area contributed by atoms with Crippen LogP contribution in [0, 0.1) is 6.92 Å². The highest BCUT2D eigenvalue weighted by Gasteiger charge is 2.44. The first-order chi connectivity index (χ1) is 14.4. The number of benzene rings is 2. The maximum atomic E-state index is 13.9. The first-order valence-electron chi connectivity index (χ1n) is 9.69. The maximum absolute atomic E-state index is 13.9. The molecule has 0 heterocycles. The van der Waals surface area contributed by atoms with Gasteiger partial charge in [0.25, 0.3) is 5.91 Å². The van der Waals surface area contributed by atoms with Crippen molar-refractivity contribution < 1.29 is 26.4 Å². The van der Waals surface area contributed by atoms with E-state index < -0.39 is 44.6 Å². The molecule has 0 bridgehead atoms. The summed E-state index contributed by atoms with van der Waals surface area (Å²) < 4.78 is 66.3. The third-order valence-electron chi connectivity index (χ3n) is 5.54. The van der Waals surface area contributed by atoms with E-state index in [9.17, 15) is 26.4 Å². The van der Waals surface area contributed by atoms with Crippen molar-refractivity contribution in [1.82, 2.24) is 0 Å². The van der Waals surface area contributed by atoms with Crippen LogP contribution in [0.3, 0.4) is 0 Å². The first-order valence-corrected chi connectivity index (χ1v) is 11.7. The molecule has 1 fully saturated rings. The largest absolute Gasteiger partial charge is 0.418 e. The summed E-state index contributed by atoms with van der Waals surface area (Å²) in [6, 6.07) is 8.52. The number of hydrogen-bond acceptors (Lipinski definition) is 3. The second-order valence-electron chi connectivity index (χ2n) is 7.63. The van der Waals surface area contributed by atoms with Crippen molar-refractivity contribution in [3.05, 3.63) is 64.2 Å². The van der Waals surface area contributed by atoms with Gasteiger partial charge in [-0.2, -0.15) is 13.2 Å². The predicted molar refractivity (Wildman–Crippen MR) is 114 cm³/mol. The van der Waals surface area contributed by atoms with Gasteiger partial charge in [0.1, 0.15) is 0 Å². The molecule has 0 radical (unpaired) electrons. The van der Waals surface area contributed by atoms with Gasteiger partial charge < -0.3 is 4.90 Å². The number of carbonyl (C=O) groups is 1. The van der Waals surface area contributed by atoms with E-state index in [0.29, 0.717) is 18.4 Å². The van der Waals surface area contributed by atoms with E-state index in [-0.39, 0.29) is 23.4 Å². The number of alkyl halides is 3. The molecule has 1 aliphatic rings. The smallest absolute Gasteiger partial charge is 0.303 e. The summed E-state index contributed by atoms with van der Waals surface area (Å²) in [5.41, 5.74) is -0.807. The second-order valence-corrected chi connectivity index (χ2v) is 9.85. The Hall–Kier alpha value is -2.10. The molecule has 0 aliphatic heterocycles. The summed E-state index contributed by atoms with van der Waals surface area (Å²) >= 11 is 5.82. The highest BCUT2D eigenvalue weighted by molar-refractivity contribution is 7.89. The van der Waals surface area contributed by atoms with Gasteiger partial charge in [0.2, 0.25) is 10.0 Å². The Balaban J connectivity index is 2.26. The Morgan fingerprint density at radius 1 is 1.13 bits per heavy atom. The van der Waals surface area contributed by atoms with Crippen LogP contribution >= 0.6 is 11.6 Å². The van der Waals surface area contributed by atoms with Crippen molar-refractivity contribution in [2.45, 2.75) is 50.1 Å². The Morgan fingerprint density at radius 2 is 1.77 bits per heavy atom. The molecule has 5 nitrogen and oxygen atoms in total. The lowest BCUT2D eigenvalue weighted by molar-refractivity contribution is -0.137. The van der Waals surface area contributed by atoms with Crippen LogP contribution in [-0.2, 0) is 16.2 Å². The molecule has 1 saturated carbocycles. The zero-order valence-corrected chi connectivity index (χ0v) is 18.3. The van der Waals surface area contributed by atoms with Gasteiger partial charge in [0.05, 0.1) is 22.5 Å². The van der Waals surface area contributed by atoms with Crippen LogP contribution in [0.2, 0.25) is 5.02 Å². The van der Waals surface area contributed by atoms with Crippen molar-refractivity contribution >= 4 is 33.2 Å². The lowest BCUT2D eigenvalue weighted by atomic mass is 9.91. The number of nitrogens with two attached hydrogens (primary N) is 1. The number of aryl methyl sites for hydroxylation is 1. The molecule has 2 unspecified atom stereocenters. The van der Waals surface area contributed by atoms with Gasteiger partial charge in [-0.1, -0.05) is 42.6 Å². The molecule has 2 atom stereocenters. The Bertz CT molecular complexity index is 1090. The van der Waals surface area contributed by atoms with Crippen LogP contribution in [-0.4, -0.2) is 25.6 Å². The molecule has 1 aliphatic carbocycles. The van der Waals surface area contributed by atoms with Crippen molar-refractivity contribution in [2.24, 2.45) is 5.14 Å². The van der Waals surface area contributed by atoms with Crippen LogP contribution < -0.4 is 10.0 Å². The van der Waals surface area contributed by atoms with Crippen molar-refractivity contribution in [3.8, 4) is 0 Å². The fourth-order valence-corrected chi connectivity index (χ4v) is 5.45. The zero-order chi connectivity index (χ0) is 23.0. The molecule has 168 valence electrons. The van der Waals surface area contributed by atoms with E-state index in [0.717, 1.165) is 17.0 Å². The maximum Gasteiger partial charge on any atom is 0.418 e. The third kappa shape index (κ3) is 5.05. The zero-order valence-electron chi connectivity index (χ0n) is 16.7. The number of hydrogen-bond donors (Lipinski definition) is 1.